The molecule has 0 bridgehead atoms. The van der Waals surface area contributed by atoms with Crippen LogP contribution in [0.25, 0.3) is 0 Å². The van der Waals surface area contributed by atoms with Gasteiger partial charge in [-0.25, -0.2) is 9.53 Å². The van der Waals surface area contributed by atoms with E-state index in [0.29, 0.717) is 4.74 Å². The van der Waals surface area contributed by atoms with E-state index in [1.165, 1.54) is 7.11 Å². The van der Waals surface area contributed by atoms with Crippen LogP contribution >= 0.6 is 15.9 Å². The lowest BCUT2D eigenvalue weighted by atomic mass is 10.2. The van der Waals surface area contributed by atoms with Gasteiger partial charge >= 0.3 is 5.97 Å². The maximum absolute atomic E-state index is 11.2. The van der Waals surface area contributed by atoms with Gasteiger partial charge in [0.1, 0.15) is 0 Å². The molecule has 0 saturated heterocycles. The number of carbonyl (C=O) groups excluding carboxylic acids is 1. The second kappa shape index (κ2) is 5.50. The molecule has 0 spiro atoms. The van der Waals surface area contributed by atoms with Crippen LogP contribution in [0.5, 0.6) is 0 Å². The predicted octanol–water partition coefficient (Wildman–Crippen LogP) is 1.70. The third-order valence-corrected chi connectivity index (χ3v) is 2.23. The molecule has 80 valence electrons. The number of hydrogen-bond donors (Lipinski definition) is 0. The van der Waals surface area contributed by atoms with Gasteiger partial charge in [0.25, 0.3) is 6.21 Å². The molecule has 1 aromatic rings. The predicted molar refractivity (Wildman–Crippen MR) is 59.6 cm³/mol. The molecule has 0 aliphatic rings. The molecular formula is C10H10BrNO3. The quantitative estimate of drug-likeness (QED) is 0.277. The summed E-state index contributed by atoms with van der Waals surface area (Å²) in [4.78, 5) is 10.7. The molecule has 15 heavy (non-hydrogen) atoms. The molecule has 4 nitrogen and oxygen atoms in total. The minimum Gasteiger partial charge on any atom is -0.623 e. The van der Waals surface area contributed by atoms with Gasteiger partial charge in [-0.15, -0.1) is 0 Å². The Morgan fingerprint density at radius 2 is 2.13 bits per heavy atom. The molecule has 0 fully saturated rings. The normalized spacial score (nSPS) is 11.2. The van der Waals surface area contributed by atoms with Gasteiger partial charge in [0.2, 0.25) is 0 Å². The Morgan fingerprint density at radius 1 is 1.53 bits per heavy atom. The molecular weight excluding hydrogens is 262 g/mol. The van der Waals surface area contributed by atoms with Crippen LogP contribution < -0.4 is 0 Å². The topological polar surface area (TPSA) is 52.4 Å². The number of carbonyl (C=O) groups is 1. The first-order valence-electron chi connectivity index (χ1n) is 4.23. The Labute approximate surface area is 95.9 Å². The highest BCUT2D eigenvalue weighted by Crippen LogP contribution is 2.10. The molecule has 0 saturated carbocycles. The van der Waals surface area contributed by atoms with Crippen molar-refractivity contribution in [2.45, 2.75) is 6.54 Å². The van der Waals surface area contributed by atoms with E-state index >= 15 is 0 Å². The highest BCUT2D eigenvalue weighted by atomic mass is 79.9. The van der Waals surface area contributed by atoms with Crippen LogP contribution in [0.4, 0.5) is 0 Å². The number of ether oxygens (including phenoxy) is 1. The average molecular weight is 272 g/mol. The van der Waals surface area contributed by atoms with Crippen molar-refractivity contribution in [3.63, 3.8) is 0 Å². The van der Waals surface area contributed by atoms with Crippen molar-refractivity contribution in [1.29, 1.82) is 0 Å². The Kier molecular flexibility index (Phi) is 4.30. The number of nitrogens with zero attached hydrogens (tertiary/aromatic N) is 1. The fraction of sp³-hybridized carbons (Fsp3) is 0.200. The van der Waals surface area contributed by atoms with Gasteiger partial charge in [-0.05, 0) is 12.1 Å². The van der Waals surface area contributed by atoms with Gasteiger partial charge in [-0.3, -0.25) is 0 Å². The lowest BCUT2D eigenvalue weighted by molar-refractivity contribution is -0.469. The summed E-state index contributed by atoms with van der Waals surface area (Å²) in [6.07, 6.45) is 0.877. The second-order valence-electron chi connectivity index (χ2n) is 2.85. The van der Waals surface area contributed by atoms with E-state index in [2.05, 4.69) is 20.7 Å². The Hall–Kier alpha value is -1.36. The van der Waals surface area contributed by atoms with Gasteiger partial charge in [-0.1, -0.05) is 28.1 Å². The third kappa shape index (κ3) is 4.12. The Morgan fingerprint density at radius 3 is 2.67 bits per heavy atom. The van der Waals surface area contributed by atoms with Crippen molar-refractivity contribution < 1.29 is 14.3 Å². The summed E-state index contributed by atoms with van der Waals surface area (Å²) in [5.74, 6) is -0.651. The smallest absolute Gasteiger partial charge is 0.396 e. The maximum atomic E-state index is 11.2. The van der Waals surface area contributed by atoms with Gasteiger partial charge in [0.05, 0.1) is 7.11 Å². The zero-order valence-electron chi connectivity index (χ0n) is 8.14. The van der Waals surface area contributed by atoms with Gasteiger partial charge in [-0.2, -0.15) is 0 Å². The zero-order chi connectivity index (χ0) is 11.3. The molecule has 0 amide bonds. The maximum Gasteiger partial charge on any atom is 0.396 e. The zero-order valence-corrected chi connectivity index (χ0v) is 9.73. The van der Waals surface area contributed by atoms with Crippen LogP contribution in [-0.4, -0.2) is 24.0 Å². The van der Waals surface area contributed by atoms with E-state index in [1.54, 1.807) is 12.1 Å². The number of methoxy groups -OCH3 is 1. The van der Waals surface area contributed by atoms with Crippen molar-refractivity contribution in [3.8, 4) is 0 Å². The van der Waals surface area contributed by atoms with Crippen LogP contribution in [0.2, 0.25) is 0 Å². The number of hydrogen-bond acceptors (Lipinski definition) is 3. The summed E-state index contributed by atoms with van der Waals surface area (Å²) in [6, 6.07) is 7.28. The van der Waals surface area contributed by atoms with Crippen molar-refractivity contribution >= 4 is 28.1 Å². The summed E-state index contributed by atoms with van der Waals surface area (Å²) in [5, 5.41) is 11.2. The van der Waals surface area contributed by atoms with E-state index in [4.69, 9.17) is 0 Å². The van der Waals surface area contributed by atoms with Crippen molar-refractivity contribution in [3.05, 3.63) is 39.5 Å². The molecule has 0 aromatic heterocycles. The first kappa shape index (κ1) is 11.7. The van der Waals surface area contributed by atoms with Crippen LogP contribution in [0.1, 0.15) is 5.56 Å². The lowest BCUT2D eigenvalue weighted by Crippen LogP contribution is -2.13. The number of benzene rings is 1. The number of halogens is 1. The molecule has 1 rings (SSSR count). The highest BCUT2D eigenvalue weighted by molar-refractivity contribution is 9.10. The van der Waals surface area contributed by atoms with Crippen molar-refractivity contribution in [2.24, 2.45) is 0 Å². The Balaban J connectivity index is 2.66. The van der Waals surface area contributed by atoms with Gasteiger partial charge in [0, 0.05) is 10.0 Å². The Bertz CT molecular complexity index is 373. The summed E-state index contributed by atoms with van der Waals surface area (Å²) in [6.45, 7) is 0.127. The minimum atomic E-state index is -0.651. The third-order valence-electron chi connectivity index (χ3n) is 1.70. The molecule has 0 aliphatic carbocycles. The standard InChI is InChI=1S/C10H10BrNO3/c1-15-10(13)7-12(14)6-8-2-4-9(11)5-3-8/h2-5,7H,6H2,1H3. The molecule has 0 atom stereocenters. The number of hydroxylamine groups is 1. The molecule has 0 aliphatic heterocycles. The van der Waals surface area contributed by atoms with Crippen LogP contribution in [0.3, 0.4) is 0 Å². The SMILES string of the molecule is COC(=O)C=[N+]([O-])Cc1ccc(Br)cc1. The molecule has 0 heterocycles. The molecule has 5 heteroatoms. The molecule has 1 aromatic carbocycles. The average Bonchev–Trinajstić information content (AvgIpc) is 2.21. The highest BCUT2D eigenvalue weighted by Gasteiger charge is 2.03. The summed E-state index contributed by atoms with van der Waals surface area (Å²) >= 11 is 3.29. The van der Waals surface area contributed by atoms with Crippen molar-refractivity contribution in [2.75, 3.05) is 7.11 Å². The van der Waals surface area contributed by atoms with E-state index in [9.17, 15) is 10.0 Å². The largest absolute Gasteiger partial charge is 0.623 e. The van der Waals surface area contributed by atoms with E-state index < -0.39 is 5.97 Å². The van der Waals surface area contributed by atoms with Gasteiger partial charge < -0.3 is 9.94 Å². The fourth-order valence-electron chi connectivity index (χ4n) is 0.986. The monoisotopic (exact) mass is 271 g/mol. The summed E-state index contributed by atoms with van der Waals surface area (Å²) in [5.41, 5.74) is 0.827. The minimum absolute atomic E-state index is 0.127. The van der Waals surface area contributed by atoms with Crippen LogP contribution in [0.15, 0.2) is 28.7 Å². The fourth-order valence-corrected chi connectivity index (χ4v) is 1.25. The van der Waals surface area contributed by atoms with Crippen LogP contribution in [0, 0.1) is 5.21 Å². The summed E-state index contributed by atoms with van der Waals surface area (Å²) in [7, 11) is 1.23. The second-order valence-corrected chi connectivity index (χ2v) is 3.77. The number of esters is 1. The van der Waals surface area contributed by atoms with Gasteiger partial charge in [0.15, 0.2) is 6.54 Å². The number of rotatable bonds is 3. The molecule has 0 unspecified atom stereocenters. The first-order valence-corrected chi connectivity index (χ1v) is 5.02. The summed E-state index contributed by atoms with van der Waals surface area (Å²) < 4.78 is 5.82. The van der Waals surface area contributed by atoms with Crippen molar-refractivity contribution in [1.82, 2.24) is 0 Å². The molecule has 0 radical (unpaired) electrons. The van der Waals surface area contributed by atoms with E-state index in [-0.39, 0.29) is 6.54 Å². The van der Waals surface area contributed by atoms with E-state index in [1.807, 2.05) is 12.1 Å². The van der Waals surface area contributed by atoms with Crippen LogP contribution in [-0.2, 0) is 16.1 Å². The first-order chi connectivity index (χ1) is 7.11. The molecule has 0 N–H and O–H groups in total. The lowest BCUT2D eigenvalue weighted by Gasteiger charge is -2.03. The van der Waals surface area contributed by atoms with E-state index in [0.717, 1.165) is 16.3 Å².